The van der Waals surface area contributed by atoms with Crippen LogP contribution in [0, 0.1) is 0 Å². The Morgan fingerprint density at radius 2 is 1.48 bits per heavy atom. The van der Waals surface area contributed by atoms with E-state index in [1.54, 1.807) is 19.0 Å². The van der Waals surface area contributed by atoms with E-state index in [1.807, 2.05) is 67.6 Å². The minimum Gasteiger partial charge on any atom is -0.348 e. The van der Waals surface area contributed by atoms with Crippen LogP contribution in [-0.2, 0) is 4.79 Å². The number of benzene rings is 2. The zero-order valence-electron chi connectivity index (χ0n) is 15.7. The molecule has 0 radical (unpaired) electrons. The number of nitrogens with zero attached hydrogens (tertiary/aromatic N) is 4. The molecule has 138 valence electrons. The van der Waals surface area contributed by atoms with Gasteiger partial charge in [-0.15, -0.1) is 10.2 Å². The van der Waals surface area contributed by atoms with Crippen molar-refractivity contribution in [2.75, 3.05) is 14.1 Å². The van der Waals surface area contributed by atoms with E-state index in [-0.39, 0.29) is 11.2 Å². The molecule has 3 aromatic rings. The SMILES string of the molecule is CC[C@H](Sc1nnc(-c2ccccc2)c(-c2ccccc2)n1)C(=O)N(C)C. The lowest BCUT2D eigenvalue weighted by molar-refractivity contribution is -0.128. The summed E-state index contributed by atoms with van der Waals surface area (Å²) in [6.07, 6.45) is 0.701. The molecule has 1 heterocycles. The molecule has 5 nitrogen and oxygen atoms in total. The maximum absolute atomic E-state index is 12.4. The lowest BCUT2D eigenvalue weighted by atomic mass is 10.0. The number of hydrogen-bond acceptors (Lipinski definition) is 5. The summed E-state index contributed by atoms with van der Waals surface area (Å²) in [5, 5.41) is 9.04. The van der Waals surface area contributed by atoms with Gasteiger partial charge in [-0.3, -0.25) is 4.79 Å². The van der Waals surface area contributed by atoms with Crippen LogP contribution in [0.25, 0.3) is 22.5 Å². The number of rotatable bonds is 6. The second-order valence-corrected chi connectivity index (χ2v) is 7.44. The lowest BCUT2D eigenvalue weighted by Gasteiger charge is -2.18. The monoisotopic (exact) mass is 378 g/mol. The molecule has 0 N–H and O–H groups in total. The van der Waals surface area contributed by atoms with Crippen LogP contribution in [0.1, 0.15) is 13.3 Å². The first kappa shape index (κ1) is 19.0. The fourth-order valence-corrected chi connectivity index (χ4v) is 3.64. The Hall–Kier alpha value is -2.73. The van der Waals surface area contributed by atoms with Crippen LogP contribution in [0.3, 0.4) is 0 Å². The Bertz CT molecular complexity index is 901. The minimum absolute atomic E-state index is 0.0551. The molecule has 2 aromatic carbocycles. The van der Waals surface area contributed by atoms with Gasteiger partial charge in [0.05, 0.1) is 5.25 Å². The molecular formula is C21H22N4OS. The van der Waals surface area contributed by atoms with Gasteiger partial charge in [-0.25, -0.2) is 4.98 Å². The predicted molar refractivity (Wildman–Crippen MR) is 109 cm³/mol. The van der Waals surface area contributed by atoms with Gasteiger partial charge in [0.2, 0.25) is 11.1 Å². The van der Waals surface area contributed by atoms with E-state index in [0.717, 1.165) is 22.5 Å². The van der Waals surface area contributed by atoms with Crippen LogP contribution in [0.2, 0.25) is 0 Å². The highest BCUT2D eigenvalue weighted by Gasteiger charge is 2.22. The van der Waals surface area contributed by atoms with Crippen molar-refractivity contribution >= 4 is 17.7 Å². The summed E-state index contributed by atoms with van der Waals surface area (Å²) in [4.78, 5) is 18.7. The Morgan fingerprint density at radius 3 is 2.00 bits per heavy atom. The van der Waals surface area contributed by atoms with Crippen molar-refractivity contribution in [2.24, 2.45) is 0 Å². The largest absolute Gasteiger partial charge is 0.348 e. The quantitative estimate of drug-likeness (QED) is 0.603. The van der Waals surface area contributed by atoms with E-state index < -0.39 is 0 Å². The Balaban J connectivity index is 2.02. The zero-order valence-corrected chi connectivity index (χ0v) is 16.5. The highest BCUT2D eigenvalue weighted by atomic mass is 32.2. The van der Waals surface area contributed by atoms with Gasteiger partial charge < -0.3 is 4.90 Å². The fraction of sp³-hybridized carbons (Fsp3) is 0.238. The summed E-state index contributed by atoms with van der Waals surface area (Å²) < 4.78 is 0. The van der Waals surface area contributed by atoms with Crippen molar-refractivity contribution in [3.05, 3.63) is 60.7 Å². The standard InChI is InChI=1S/C21H22N4OS/c1-4-17(20(26)25(2)3)27-21-22-18(15-11-7-5-8-12-15)19(23-24-21)16-13-9-6-10-14-16/h5-14,17H,4H2,1-3H3/t17-/m0/s1. The maximum atomic E-state index is 12.4. The van der Waals surface area contributed by atoms with E-state index in [2.05, 4.69) is 10.2 Å². The number of hydrogen-bond donors (Lipinski definition) is 0. The van der Waals surface area contributed by atoms with Gasteiger partial charge in [0, 0.05) is 25.2 Å². The number of carbonyl (C=O) groups is 1. The van der Waals surface area contributed by atoms with Gasteiger partial charge in [0.1, 0.15) is 11.4 Å². The molecule has 0 bridgehead atoms. The van der Waals surface area contributed by atoms with Crippen LogP contribution < -0.4 is 0 Å². The molecule has 1 atom stereocenters. The number of thioether (sulfide) groups is 1. The Kier molecular flexibility index (Phi) is 6.19. The number of amides is 1. The highest BCUT2D eigenvalue weighted by molar-refractivity contribution is 8.00. The van der Waals surface area contributed by atoms with Crippen molar-refractivity contribution in [1.82, 2.24) is 20.1 Å². The van der Waals surface area contributed by atoms with Crippen LogP contribution in [0.15, 0.2) is 65.8 Å². The molecule has 0 fully saturated rings. The van der Waals surface area contributed by atoms with Gasteiger partial charge in [0.15, 0.2) is 0 Å². The first-order chi connectivity index (χ1) is 13.1. The average molecular weight is 379 g/mol. The summed E-state index contributed by atoms with van der Waals surface area (Å²) in [7, 11) is 3.52. The third-order valence-electron chi connectivity index (χ3n) is 4.10. The second kappa shape index (κ2) is 8.77. The molecule has 6 heteroatoms. The van der Waals surface area contributed by atoms with Gasteiger partial charge in [-0.05, 0) is 6.42 Å². The third kappa shape index (κ3) is 4.52. The molecule has 1 amide bonds. The van der Waals surface area contributed by atoms with E-state index in [4.69, 9.17) is 4.98 Å². The van der Waals surface area contributed by atoms with Crippen molar-refractivity contribution in [2.45, 2.75) is 23.8 Å². The van der Waals surface area contributed by atoms with Crippen LogP contribution in [-0.4, -0.2) is 45.3 Å². The zero-order chi connectivity index (χ0) is 19.2. The number of carbonyl (C=O) groups excluding carboxylic acids is 1. The smallest absolute Gasteiger partial charge is 0.235 e. The topological polar surface area (TPSA) is 59.0 Å². The molecule has 0 aliphatic rings. The van der Waals surface area contributed by atoms with Crippen LogP contribution in [0.4, 0.5) is 0 Å². The summed E-state index contributed by atoms with van der Waals surface area (Å²) >= 11 is 1.36. The fourth-order valence-electron chi connectivity index (χ4n) is 2.67. The van der Waals surface area contributed by atoms with E-state index in [1.165, 1.54) is 11.8 Å². The maximum Gasteiger partial charge on any atom is 0.235 e. The Morgan fingerprint density at radius 1 is 0.926 bits per heavy atom. The molecule has 0 aliphatic carbocycles. The van der Waals surface area contributed by atoms with Crippen LogP contribution in [0.5, 0.6) is 0 Å². The lowest BCUT2D eigenvalue weighted by Crippen LogP contribution is -2.31. The third-order valence-corrected chi connectivity index (χ3v) is 5.30. The molecule has 3 rings (SSSR count). The van der Waals surface area contributed by atoms with E-state index in [0.29, 0.717) is 11.6 Å². The second-order valence-electron chi connectivity index (χ2n) is 6.27. The minimum atomic E-state index is -0.229. The summed E-state index contributed by atoms with van der Waals surface area (Å²) in [6.45, 7) is 1.99. The molecule has 0 aliphatic heterocycles. The molecule has 0 saturated heterocycles. The molecule has 0 spiro atoms. The molecule has 1 aromatic heterocycles. The van der Waals surface area contributed by atoms with Crippen LogP contribution >= 0.6 is 11.8 Å². The Labute approximate surface area is 163 Å². The van der Waals surface area contributed by atoms with Gasteiger partial charge >= 0.3 is 0 Å². The normalized spacial score (nSPS) is 11.8. The summed E-state index contributed by atoms with van der Waals surface area (Å²) in [5.74, 6) is 0.0551. The highest BCUT2D eigenvalue weighted by Crippen LogP contribution is 2.31. The van der Waals surface area contributed by atoms with Crippen molar-refractivity contribution in [3.8, 4) is 22.5 Å². The molecular weight excluding hydrogens is 356 g/mol. The average Bonchev–Trinajstić information content (AvgIpc) is 2.72. The van der Waals surface area contributed by atoms with Gasteiger partial charge in [-0.1, -0.05) is 79.3 Å². The first-order valence-electron chi connectivity index (χ1n) is 8.83. The summed E-state index contributed by atoms with van der Waals surface area (Å²) in [5.41, 5.74) is 3.44. The van der Waals surface area contributed by atoms with Gasteiger partial charge in [0.25, 0.3) is 0 Å². The molecule has 0 saturated carbocycles. The molecule has 27 heavy (non-hydrogen) atoms. The first-order valence-corrected chi connectivity index (χ1v) is 9.71. The van der Waals surface area contributed by atoms with E-state index >= 15 is 0 Å². The predicted octanol–water partition coefficient (Wildman–Crippen LogP) is 4.16. The molecule has 0 unspecified atom stereocenters. The summed E-state index contributed by atoms with van der Waals surface area (Å²) in [6, 6.07) is 19.8. The van der Waals surface area contributed by atoms with Crippen molar-refractivity contribution < 1.29 is 4.79 Å². The number of aromatic nitrogens is 3. The van der Waals surface area contributed by atoms with Gasteiger partial charge in [-0.2, -0.15) is 0 Å². The van der Waals surface area contributed by atoms with Crippen molar-refractivity contribution in [1.29, 1.82) is 0 Å². The van der Waals surface area contributed by atoms with E-state index in [9.17, 15) is 4.79 Å². The van der Waals surface area contributed by atoms with Crippen molar-refractivity contribution in [3.63, 3.8) is 0 Å².